The van der Waals surface area contributed by atoms with Gasteiger partial charge in [0.1, 0.15) is 5.82 Å². The molecule has 1 atom stereocenters. The van der Waals surface area contributed by atoms with E-state index in [1.165, 1.54) is 0 Å². The van der Waals surface area contributed by atoms with Gasteiger partial charge in [-0.1, -0.05) is 19.8 Å². The van der Waals surface area contributed by atoms with Crippen molar-refractivity contribution in [3.63, 3.8) is 0 Å². The number of rotatable bonds is 6. The summed E-state index contributed by atoms with van der Waals surface area (Å²) < 4.78 is 1.75. The maximum Gasteiger partial charge on any atom is 0.233 e. The van der Waals surface area contributed by atoms with Crippen LogP contribution in [-0.4, -0.2) is 15.9 Å². The molecule has 0 aliphatic heterocycles. The van der Waals surface area contributed by atoms with Crippen molar-refractivity contribution in [2.24, 2.45) is 0 Å². The molecule has 22 heavy (non-hydrogen) atoms. The number of aromatic nitrogens is 2. The fourth-order valence-corrected chi connectivity index (χ4v) is 2.76. The summed E-state index contributed by atoms with van der Waals surface area (Å²) in [6.45, 7) is 2.12. The third kappa shape index (κ3) is 4.88. The van der Waals surface area contributed by atoms with Crippen molar-refractivity contribution < 1.29 is 4.79 Å². The highest BCUT2D eigenvalue weighted by atomic mass is 79.9. The Balaban J connectivity index is 2.17. The number of unbranched alkanes of at least 4 members (excludes halogenated alkanes) is 1. The molecule has 0 aromatic carbocycles. The summed E-state index contributed by atoms with van der Waals surface area (Å²) in [4.78, 5) is 21.0. The van der Waals surface area contributed by atoms with Gasteiger partial charge in [0.05, 0.1) is 5.92 Å². The number of hydrogen-bond donors (Lipinski definition) is 1. The summed E-state index contributed by atoms with van der Waals surface area (Å²) in [6, 6.07) is 5.57. The molecule has 0 radical (unpaired) electrons. The Bertz CT molecular complexity index is 632. The fraction of sp³-hybridized carbons (Fsp3) is 0.312. The van der Waals surface area contributed by atoms with Crippen LogP contribution in [0.3, 0.4) is 0 Å². The lowest BCUT2D eigenvalue weighted by Crippen LogP contribution is -2.22. The van der Waals surface area contributed by atoms with Gasteiger partial charge in [0.25, 0.3) is 0 Å². The number of pyridine rings is 2. The topological polar surface area (TPSA) is 54.9 Å². The maximum atomic E-state index is 12.6. The summed E-state index contributed by atoms with van der Waals surface area (Å²) >= 11 is 6.74. The first-order valence-corrected chi connectivity index (χ1v) is 8.71. The monoisotopic (exact) mass is 425 g/mol. The third-order valence-electron chi connectivity index (χ3n) is 3.27. The van der Waals surface area contributed by atoms with E-state index in [4.69, 9.17) is 0 Å². The van der Waals surface area contributed by atoms with Crippen LogP contribution < -0.4 is 5.32 Å². The molecule has 0 fully saturated rings. The van der Waals surface area contributed by atoms with Crippen LogP contribution in [0.25, 0.3) is 0 Å². The summed E-state index contributed by atoms with van der Waals surface area (Å²) in [5.74, 6) is 0.274. The van der Waals surface area contributed by atoms with Crippen molar-refractivity contribution >= 4 is 43.6 Å². The van der Waals surface area contributed by atoms with Crippen molar-refractivity contribution in [2.45, 2.75) is 32.1 Å². The maximum absolute atomic E-state index is 12.6. The van der Waals surface area contributed by atoms with E-state index in [2.05, 4.69) is 54.1 Å². The number of carbonyl (C=O) groups is 1. The lowest BCUT2D eigenvalue weighted by molar-refractivity contribution is -0.117. The minimum atomic E-state index is -0.226. The van der Waals surface area contributed by atoms with E-state index >= 15 is 0 Å². The Hall–Kier alpha value is -1.27. The largest absolute Gasteiger partial charge is 0.310 e. The lowest BCUT2D eigenvalue weighted by atomic mass is 9.94. The highest BCUT2D eigenvalue weighted by molar-refractivity contribution is 9.10. The quantitative estimate of drug-likeness (QED) is 0.713. The van der Waals surface area contributed by atoms with Crippen LogP contribution >= 0.6 is 31.9 Å². The second-order valence-electron chi connectivity index (χ2n) is 4.98. The number of nitrogens with zero attached hydrogens (tertiary/aromatic N) is 2. The molecule has 2 aromatic rings. The summed E-state index contributed by atoms with van der Waals surface area (Å²) in [7, 11) is 0. The number of nitrogens with one attached hydrogen (secondary N) is 1. The van der Waals surface area contributed by atoms with Crippen LogP contribution in [0.15, 0.2) is 45.7 Å². The molecule has 0 saturated heterocycles. The number of halogens is 2. The van der Waals surface area contributed by atoms with E-state index < -0.39 is 0 Å². The Morgan fingerprint density at radius 2 is 2.05 bits per heavy atom. The molecule has 2 aromatic heterocycles. The third-order valence-corrected chi connectivity index (χ3v) is 4.17. The molecule has 1 N–H and O–H groups in total. The molecular weight excluding hydrogens is 410 g/mol. The summed E-state index contributed by atoms with van der Waals surface area (Å²) in [6.07, 6.45) is 7.95. The van der Waals surface area contributed by atoms with Crippen LogP contribution in [0.5, 0.6) is 0 Å². The van der Waals surface area contributed by atoms with Crippen LogP contribution in [0, 0.1) is 0 Å². The van der Waals surface area contributed by atoms with Gasteiger partial charge in [0.15, 0.2) is 0 Å². The zero-order valence-corrected chi connectivity index (χ0v) is 15.4. The lowest BCUT2D eigenvalue weighted by Gasteiger charge is -2.16. The standard InChI is InChI=1S/C16H17Br2N3O/c1-2-3-4-14(11-7-13(18)9-19-8-11)16(22)21-15-6-5-12(17)10-20-15/h5-10,14H,2-4H2,1H3,(H,20,21,22). The van der Waals surface area contributed by atoms with Gasteiger partial charge < -0.3 is 5.32 Å². The summed E-state index contributed by atoms with van der Waals surface area (Å²) in [5, 5.41) is 2.88. The van der Waals surface area contributed by atoms with Crippen LogP contribution in [-0.2, 0) is 4.79 Å². The molecule has 0 aliphatic carbocycles. The molecule has 2 heterocycles. The number of carbonyl (C=O) groups excluding carboxylic acids is 1. The van der Waals surface area contributed by atoms with E-state index in [1.54, 1.807) is 24.7 Å². The molecule has 0 aliphatic rings. The van der Waals surface area contributed by atoms with Crippen molar-refractivity contribution in [2.75, 3.05) is 5.32 Å². The van der Waals surface area contributed by atoms with E-state index in [9.17, 15) is 4.79 Å². The molecule has 4 nitrogen and oxygen atoms in total. The molecule has 1 amide bonds. The second-order valence-corrected chi connectivity index (χ2v) is 6.81. The zero-order chi connectivity index (χ0) is 15.9. The van der Waals surface area contributed by atoms with Gasteiger partial charge in [0, 0.05) is 27.5 Å². The highest BCUT2D eigenvalue weighted by Gasteiger charge is 2.21. The van der Waals surface area contributed by atoms with Crippen LogP contribution in [0.4, 0.5) is 5.82 Å². The van der Waals surface area contributed by atoms with Crippen LogP contribution in [0.1, 0.15) is 37.7 Å². The molecule has 6 heteroatoms. The average molecular weight is 427 g/mol. The Kier molecular flexibility index (Phi) is 6.51. The fourth-order valence-electron chi connectivity index (χ4n) is 2.14. The first-order chi connectivity index (χ1) is 10.6. The second kappa shape index (κ2) is 8.39. The van der Waals surface area contributed by atoms with Gasteiger partial charge in [-0.15, -0.1) is 0 Å². The molecule has 0 bridgehead atoms. The van der Waals surface area contributed by atoms with E-state index in [0.717, 1.165) is 33.8 Å². The minimum absolute atomic E-state index is 0.0526. The molecule has 0 spiro atoms. The Morgan fingerprint density at radius 3 is 2.68 bits per heavy atom. The van der Waals surface area contributed by atoms with E-state index in [1.807, 2.05) is 12.1 Å². The van der Waals surface area contributed by atoms with Gasteiger partial charge in [-0.3, -0.25) is 9.78 Å². The molecule has 0 saturated carbocycles. The number of amides is 1. The van der Waals surface area contributed by atoms with Gasteiger partial charge >= 0.3 is 0 Å². The Labute approximate surface area is 147 Å². The number of hydrogen-bond acceptors (Lipinski definition) is 3. The molecule has 116 valence electrons. The molecular formula is C16H17Br2N3O. The highest BCUT2D eigenvalue weighted by Crippen LogP contribution is 2.25. The Morgan fingerprint density at radius 1 is 1.23 bits per heavy atom. The first-order valence-electron chi connectivity index (χ1n) is 7.13. The van der Waals surface area contributed by atoms with Gasteiger partial charge in [-0.2, -0.15) is 0 Å². The van der Waals surface area contributed by atoms with Gasteiger partial charge in [-0.25, -0.2) is 4.98 Å². The average Bonchev–Trinajstić information content (AvgIpc) is 2.50. The van der Waals surface area contributed by atoms with Crippen molar-refractivity contribution in [3.8, 4) is 0 Å². The summed E-state index contributed by atoms with van der Waals surface area (Å²) in [5.41, 5.74) is 0.914. The van der Waals surface area contributed by atoms with Gasteiger partial charge in [0.2, 0.25) is 5.91 Å². The van der Waals surface area contributed by atoms with Gasteiger partial charge in [-0.05, 0) is 62.0 Å². The molecule has 2 rings (SSSR count). The number of anilines is 1. The van der Waals surface area contributed by atoms with Crippen LogP contribution in [0.2, 0.25) is 0 Å². The predicted octanol–water partition coefficient (Wildman–Crippen LogP) is 4.91. The SMILES string of the molecule is CCCCC(C(=O)Nc1ccc(Br)cn1)c1cncc(Br)c1. The zero-order valence-electron chi connectivity index (χ0n) is 12.2. The molecule has 1 unspecified atom stereocenters. The predicted molar refractivity (Wildman–Crippen MR) is 94.8 cm³/mol. The van der Waals surface area contributed by atoms with Crippen molar-refractivity contribution in [1.82, 2.24) is 9.97 Å². The van der Waals surface area contributed by atoms with Crippen molar-refractivity contribution in [3.05, 3.63) is 51.3 Å². The van der Waals surface area contributed by atoms with E-state index in [-0.39, 0.29) is 11.8 Å². The van der Waals surface area contributed by atoms with Crippen molar-refractivity contribution in [1.29, 1.82) is 0 Å². The van der Waals surface area contributed by atoms with E-state index in [0.29, 0.717) is 5.82 Å². The smallest absolute Gasteiger partial charge is 0.233 e. The normalized spacial score (nSPS) is 12.0. The minimum Gasteiger partial charge on any atom is -0.310 e. The first kappa shape index (κ1) is 17.1.